The topological polar surface area (TPSA) is 356 Å². The Hall–Kier alpha value is -11.9. The highest BCUT2D eigenvalue weighted by Crippen LogP contribution is 2.35. The summed E-state index contributed by atoms with van der Waals surface area (Å²) in [4.78, 5) is 36.0. The molecule has 0 bridgehead atoms. The van der Waals surface area contributed by atoms with Crippen LogP contribution in [0.1, 0.15) is 101 Å². The van der Waals surface area contributed by atoms with E-state index in [-0.39, 0.29) is 5.41 Å². The van der Waals surface area contributed by atoms with Crippen LogP contribution in [0.4, 0.5) is 46.0 Å². The third-order valence-corrected chi connectivity index (χ3v) is 17.9. The molecule has 1 aliphatic heterocycles. The van der Waals surface area contributed by atoms with E-state index in [1.165, 1.54) is 32.1 Å². The van der Waals surface area contributed by atoms with Crippen LogP contribution in [0.15, 0.2) is 122 Å². The van der Waals surface area contributed by atoms with E-state index in [4.69, 9.17) is 24.7 Å². The molecule has 1 saturated carbocycles. The van der Waals surface area contributed by atoms with Crippen LogP contribution >= 0.6 is 0 Å². The van der Waals surface area contributed by atoms with Gasteiger partial charge in [0.25, 0.3) is 0 Å². The molecule has 8 N–H and O–H groups in total. The third-order valence-electron chi connectivity index (χ3n) is 17.9. The monoisotopic (exact) mass is 1350 g/mol. The molecule has 1 aliphatic carbocycles. The number of nitrogens with one attached hydrogen (secondary N) is 8. The van der Waals surface area contributed by atoms with Crippen molar-refractivity contribution in [3.8, 4) is 0 Å². The molecule has 0 amide bonds. The lowest BCUT2D eigenvalue weighted by Gasteiger charge is -2.22. The first-order chi connectivity index (χ1) is 49.2. The van der Waals surface area contributed by atoms with E-state index in [0.717, 1.165) is 166 Å². The molecule has 16 aromatic heterocycles. The Labute approximate surface area is 578 Å². The lowest BCUT2D eigenvalue weighted by atomic mass is 9.96. The van der Waals surface area contributed by atoms with Gasteiger partial charge in [-0.1, -0.05) is 40.0 Å². The highest BCUT2D eigenvalue weighted by molar-refractivity contribution is 5.93. The van der Waals surface area contributed by atoms with Crippen molar-refractivity contribution in [3.63, 3.8) is 0 Å². The van der Waals surface area contributed by atoms with Crippen LogP contribution in [0.2, 0.25) is 0 Å². The standard InChI is InChI=1S/C19H21N7.C18H19N7O.C18H21N7.C16H17N7O/c1-12-15-10-13(22-18-17-16(23-24-18)8-5-9-20-17)11-21-19(15)26(25-12)14-6-3-2-4-7-14;1-11-14-9-12(21-17-16-15(22-23-17)3-2-6-19-16)10-20-18(14)25(24-11)13-4-7-26-8-5-13;1-11-13-8-12(9-20-17(13)25(24-11)10-18(2,3)4)21-16-15-14(22-23-16)6-5-7-19-15;1-10-12-8-11(9-18-16(12)23(22-10)6-7-24-2)19-15-14-13(20-21-15)4-3-5-17-14/h5,8-11,14H,2-4,6-7H2,1H3,(H2,22,23,24);2-3,6,9-10,13H,4-5,7-8H2,1H3,(H2,21,22,23);5-9H,10H2,1-4H3,(H2,21,22,23);3-5,8-9H,6-7H2,1-2H3,(H2,19,20,21). The largest absolute Gasteiger partial charge is 0.383 e. The van der Waals surface area contributed by atoms with Crippen molar-refractivity contribution in [2.75, 3.05) is 48.2 Å². The summed E-state index contributed by atoms with van der Waals surface area (Å²) in [6, 6.07) is 24.4. The molecule has 16 aromatic rings. The number of methoxy groups -OCH3 is 1. The molecule has 0 aromatic carbocycles. The second kappa shape index (κ2) is 28.1. The van der Waals surface area contributed by atoms with Gasteiger partial charge in [-0.2, -0.15) is 40.8 Å². The lowest BCUT2D eigenvalue weighted by molar-refractivity contribution is 0.0672. The summed E-state index contributed by atoms with van der Waals surface area (Å²) in [6.07, 6.45) is 22.5. The highest BCUT2D eigenvalue weighted by Gasteiger charge is 2.24. The Morgan fingerprint density at radius 2 is 0.792 bits per heavy atom. The van der Waals surface area contributed by atoms with Gasteiger partial charge in [-0.05, 0) is 132 Å². The quantitative estimate of drug-likeness (QED) is 0.0501. The van der Waals surface area contributed by atoms with E-state index in [1.807, 2.05) is 103 Å². The zero-order valence-corrected chi connectivity index (χ0v) is 57.4. The number of aryl methyl sites for hydroxylation is 4. The molecule has 1 saturated heterocycles. The molecule has 2 aliphatic rings. The van der Waals surface area contributed by atoms with Crippen LogP contribution in [0, 0.1) is 33.1 Å². The Morgan fingerprint density at radius 1 is 0.446 bits per heavy atom. The molecule has 30 heteroatoms. The number of fused-ring (bicyclic) bond motifs is 8. The first kappa shape index (κ1) is 65.0. The zero-order chi connectivity index (χ0) is 69.1. The number of H-pyrrole nitrogens is 4. The van der Waals surface area contributed by atoms with Gasteiger partial charge in [-0.3, -0.25) is 40.3 Å². The van der Waals surface area contributed by atoms with E-state index in [1.54, 1.807) is 38.1 Å². The average molecular weight is 1360 g/mol. The van der Waals surface area contributed by atoms with Gasteiger partial charge in [0, 0.05) is 73.2 Å². The maximum absolute atomic E-state index is 5.47. The van der Waals surface area contributed by atoms with E-state index in [2.05, 4.69) is 162 Å². The molecule has 0 atom stereocenters. The normalized spacial score (nSPS) is 13.8. The number of pyridine rings is 8. The van der Waals surface area contributed by atoms with Crippen molar-refractivity contribution in [2.45, 2.75) is 119 Å². The molecular weight excluding hydrogens is 1280 g/mol. The van der Waals surface area contributed by atoms with E-state index >= 15 is 0 Å². The fourth-order valence-electron chi connectivity index (χ4n) is 13.0. The number of anilines is 8. The van der Waals surface area contributed by atoms with Crippen molar-refractivity contribution < 1.29 is 9.47 Å². The summed E-state index contributed by atoms with van der Waals surface area (Å²) in [5, 5.41) is 65.2. The summed E-state index contributed by atoms with van der Waals surface area (Å²) < 4.78 is 18.6. The Balaban J connectivity index is 0.000000109. The van der Waals surface area contributed by atoms with Gasteiger partial charge in [0.15, 0.2) is 45.9 Å². The van der Waals surface area contributed by atoms with E-state index in [9.17, 15) is 0 Å². The van der Waals surface area contributed by atoms with Crippen LogP contribution in [-0.4, -0.2) is 147 Å². The van der Waals surface area contributed by atoms with Crippen LogP contribution in [0.25, 0.3) is 88.3 Å². The Morgan fingerprint density at radius 3 is 1.18 bits per heavy atom. The minimum Gasteiger partial charge on any atom is -0.383 e. The van der Waals surface area contributed by atoms with Crippen molar-refractivity contribution in [2.24, 2.45) is 5.41 Å². The van der Waals surface area contributed by atoms with Gasteiger partial charge in [-0.25, -0.2) is 38.7 Å². The van der Waals surface area contributed by atoms with Crippen LogP contribution in [-0.2, 0) is 22.6 Å². The zero-order valence-electron chi connectivity index (χ0n) is 57.4. The van der Waals surface area contributed by atoms with Gasteiger partial charge in [0.1, 0.15) is 22.1 Å². The number of aromatic amines is 4. The SMILES string of the molecule is COCCn1nc(C)c2cc(Nc3n[nH]c4cccnc34)cnc21.Cc1nn(C2CCCCC2)c2ncc(Nc3n[nH]c4cccnc34)cc12.Cc1nn(C2CCOCC2)c2ncc(Nc3n[nH]c4cccnc34)cc12.Cc1nn(CC(C)(C)C)c2ncc(Nc3n[nH]c4cccnc34)cc12. The van der Waals surface area contributed by atoms with Crippen molar-refractivity contribution in [3.05, 3.63) is 145 Å². The smallest absolute Gasteiger partial charge is 0.178 e. The summed E-state index contributed by atoms with van der Waals surface area (Å²) >= 11 is 0. The summed E-state index contributed by atoms with van der Waals surface area (Å²) in [5.74, 6) is 2.77. The van der Waals surface area contributed by atoms with Crippen molar-refractivity contribution >= 4 is 134 Å². The number of hydrogen-bond donors (Lipinski definition) is 8. The van der Waals surface area contributed by atoms with Crippen molar-refractivity contribution in [1.29, 1.82) is 0 Å². The molecule has 2 fully saturated rings. The minimum absolute atomic E-state index is 0.142. The molecule has 0 spiro atoms. The maximum Gasteiger partial charge on any atom is 0.178 e. The fourth-order valence-corrected chi connectivity index (χ4v) is 13.0. The van der Waals surface area contributed by atoms with Gasteiger partial charge in [0.05, 0.1) is 118 Å². The summed E-state index contributed by atoms with van der Waals surface area (Å²) in [5.41, 5.74) is 18.0. The van der Waals surface area contributed by atoms with Crippen LogP contribution < -0.4 is 21.3 Å². The van der Waals surface area contributed by atoms with E-state index < -0.39 is 0 Å². The lowest BCUT2D eigenvalue weighted by Crippen LogP contribution is -2.20. The first-order valence-corrected chi connectivity index (χ1v) is 33.9. The van der Waals surface area contributed by atoms with Crippen LogP contribution in [0.3, 0.4) is 0 Å². The van der Waals surface area contributed by atoms with E-state index in [0.29, 0.717) is 48.5 Å². The highest BCUT2D eigenvalue weighted by atomic mass is 16.5. The molecule has 17 heterocycles. The predicted octanol–water partition coefficient (Wildman–Crippen LogP) is 13.6. The second-order valence-corrected chi connectivity index (χ2v) is 26.6. The summed E-state index contributed by atoms with van der Waals surface area (Å²) in [6.45, 7) is 18.3. The average Bonchev–Trinajstić information content (AvgIpc) is 1.66. The molecule has 101 heavy (non-hydrogen) atoms. The minimum atomic E-state index is 0.142. The van der Waals surface area contributed by atoms with Gasteiger partial charge in [-0.15, -0.1) is 0 Å². The fraction of sp³-hybridized carbons (Fsp3) is 0.324. The second-order valence-electron chi connectivity index (χ2n) is 26.6. The molecule has 0 unspecified atom stereocenters. The maximum atomic E-state index is 5.47. The molecule has 0 radical (unpaired) electrons. The number of hydrogen-bond acceptors (Lipinski definition) is 22. The first-order valence-electron chi connectivity index (χ1n) is 33.9. The van der Waals surface area contributed by atoms with Gasteiger partial charge in [0.2, 0.25) is 0 Å². The molecular formula is C71H78N28O2. The molecule has 30 nitrogen and oxygen atoms in total. The number of rotatable bonds is 14. The van der Waals surface area contributed by atoms with Crippen molar-refractivity contribution in [1.82, 2.24) is 120 Å². The molecule has 514 valence electrons. The number of nitrogens with zero attached hydrogens (tertiary/aromatic N) is 20. The Bertz CT molecular complexity index is 5400. The third kappa shape index (κ3) is 13.8. The number of ether oxygens (including phenoxy) is 2. The Kier molecular flexibility index (Phi) is 18.1. The van der Waals surface area contributed by atoms with Gasteiger partial charge >= 0.3 is 0 Å². The summed E-state index contributed by atoms with van der Waals surface area (Å²) in [7, 11) is 1.68. The predicted molar refractivity (Wildman–Crippen MR) is 390 cm³/mol. The number of aromatic nitrogens is 24. The van der Waals surface area contributed by atoms with Crippen LogP contribution in [0.5, 0.6) is 0 Å². The van der Waals surface area contributed by atoms with Gasteiger partial charge < -0.3 is 30.7 Å². The molecule has 18 rings (SSSR count).